The van der Waals surface area contributed by atoms with Gasteiger partial charge in [-0.05, 0) is 38.3 Å². The van der Waals surface area contributed by atoms with Crippen LogP contribution in [0.1, 0.15) is 25.3 Å². The van der Waals surface area contributed by atoms with E-state index in [-0.39, 0.29) is 5.54 Å². The number of aryl methyl sites for hydroxylation is 1. The predicted molar refractivity (Wildman–Crippen MR) is 63.0 cm³/mol. The molecule has 0 radical (unpaired) electrons. The maximum atomic E-state index is 6.10. The van der Waals surface area contributed by atoms with E-state index in [2.05, 4.69) is 35.9 Å². The van der Waals surface area contributed by atoms with Gasteiger partial charge in [0, 0.05) is 24.8 Å². The van der Waals surface area contributed by atoms with Crippen molar-refractivity contribution >= 4 is 5.82 Å². The fourth-order valence-electron chi connectivity index (χ4n) is 1.89. The predicted octanol–water partition coefficient (Wildman–Crippen LogP) is 1.71. The SMILES string of the molecule is Cc1ccc(N2CCC(C)(N)CC2)nc1. The Morgan fingerprint density at radius 1 is 1.33 bits per heavy atom. The van der Waals surface area contributed by atoms with E-state index in [1.54, 1.807) is 0 Å². The quantitative estimate of drug-likeness (QED) is 0.759. The van der Waals surface area contributed by atoms with Crippen molar-refractivity contribution in [2.45, 2.75) is 32.2 Å². The lowest BCUT2D eigenvalue weighted by Crippen LogP contribution is -2.48. The summed E-state index contributed by atoms with van der Waals surface area (Å²) in [5, 5.41) is 0. The van der Waals surface area contributed by atoms with Gasteiger partial charge >= 0.3 is 0 Å². The number of hydrogen-bond acceptors (Lipinski definition) is 3. The lowest BCUT2D eigenvalue weighted by molar-refractivity contribution is 0.363. The Morgan fingerprint density at radius 2 is 2.00 bits per heavy atom. The zero-order valence-electron chi connectivity index (χ0n) is 9.53. The molecule has 0 amide bonds. The normalized spacial score (nSPS) is 20.3. The summed E-state index contributed by atoms with van der Waals surface area (Å²) in [5.74, 6) is 1.08. The number of nitrogens with zero attached hydrogens (tertiary/aromatic N) is 2. The number of aromatic nitrogens is 1. The lowest BCUT2D eigenvalue weighted by Gasteiger charge is -2.37. The summed E-state index contributed by atoms with van der Waals surface area (Å²) in [6.45, 7) is 6.23. The fraction of sp³-hybridized carbons (Fsp3) is 0.583. The van der Waals surface area contributed by atoms with Gasteiger partial charge in [-0.2, -0.15) is 0 Å². The molecule has 0 saturated carbocycles. The Bertz CT molecular complexity index is 319. The van der Waals surface area contributed by atoms with Crippen LogP contribution in [0.2, 0.25) is 0 Å². The molecule has 15 heavy (non-hydrogen) atoms. The molecule has 1 fully saturated rings. The molecule has 1 aromatic rings. The number of rotatable bonds is 1. The van der Waals surface area contributed by atoms with Crippen molar-refractivity contribution < 1.29 is 0 Å². The number of hydrogen-bond donors (Lipinski definition) is 1. The highest BCUT2D eigenvalue weighted by atomic mass is 15.2. The molecule has 0 atom stereocenters. The molecule has 2 rings (SSSR count). The highest BCUT2D eigenvalue weighted by Crippen LogP contribution is 2.22. The molecule has 0 aromatic carbocycles. The Kier molecular flexibility index (Phi) is 2.65. The maximum absolute atomic E-state index is 6.10. The number of nitrogens with two attached hydrogens (primary N) is 1. The van der Waals surface area contributed by atoms with Gasteiger partial charge in [-0.15, -0.1) is 0 Å². The smallest absolute Gasteiger partial charge is 0.128 e. The molecule has 1 aliphatic heterocycles. The van der Waals surface area contributed by atoms with Crippen LogP contribution in [0.3, 0.4) is 0 Å². The van der Waals surface area contributed by atoms with Crippen molar-refractivity contribution in [3.63, 3.8) is 0 Å². The Hall–Kier alpha value is -1.09. The molecule has 2 N–H and O–H groups in total. The minimum absolute atomic E-state index is 0.0151. The van der Waals surface area contributed by atoms with Crippen LogP contribution in [0.15, 0.2) is 18.3 Å². The number of piperidine rings is 1. The third-order valence-corrected chi connectivity index (χ3v) is 3.13. The second-order valence-corrected chi connectivity index (χ2v) is 4.83. The second kappa shape index (κ2) is 3.81. The van der Waals surface area contributed by atoms with Gasteiger partial charge in [-0.3, -0.25) is 0 Å². The average Bonchev–Trinajstić information content (AvgIpc) is 2.20. The van der Waals surface area contributed by atoms with Crippen LogP contribution in [0, 0.1) is 6.92 Å². The zero-order chi connectivity index (χ0) is 10.9. The van der Waals surface area contributed by atoms with Crippen molar-refractivity contribution in [2.24, 2.45) is 5.73 Å². The van der Waals surface area contributed by atoms with E-state index in [4.69, 9.17) is 5.73 Å². The third-order valence-electron chi connectivity index (χ3n) is 3.13. The average molecular weight is 205 g/mol. The van der Waals surface area contributed by atoms with Crippen molar-refractivity contribution in [3.05, 3.63) is 23.9 Å². The third kappa shape index (κ3) is 2.48. The van der Waals surface area contributed by atoms with E-state index >= 15 is 0 Å². The van der Waals surface area contributed by atoms with Gasteiger partial charge in [0.15, 0.2) is 0 Å². The van der Waals surface area contributed by atoms with Crippen LogP contribution in [0.25, 0.3) is 0 Å². The molecule has 82 valence electrons. The van der Waals surface area contributed by atoms with Crippen molar-refractivity contribution in [1.82, 2.24) is 4.98 Å². The molecule has 0 bridgehead atoms. The van der Waals surface area contributed by atoms with E-state index in [9.17, 15) is 0 Å². The van der Waals surface area contributed by atoms with Crippen molar-refractivity contribution in [3.8, 4) is 0 Å². The van der Waals surface area contributed by atoms with E-state index in [1.165, 1.54) is 5.56 Å². The standard InChI is InChI=1S/C12H19N3/c1-10-3-4-11(14-9-10)15-7-5-12(2,13)6-8-15/h3-4,9H,5-8,13H2,1-2H3. The van der Waals surface area contributed by atoms with E-state index in [0.717, 1.165) is 31.7 Å². The highest BCUT2D eigenvalue weighted by molar-refractivity contribution is 5.39. The van der Waals surface area contributed by atoms with Gasteiger partial charge < -0.3 is 10.6 Å². The van der Waals surface area contributed by atoms with Crippen LogP contribution >= 0.6 is 0 Å². The Morgan fingerprint density at radius 3 is 2.53 bits per heavy atom. The zero-order valence-corrected chi connectivity index (χ0v) is 9.53. The van der Waals surface area contributed by atoms with Gasteiger partial charge in [0.2, 0.25) is 0 Å². The van der Waals surface area contributed by atoms with Crippen LogP contribution in [-0.2, 0) is 0 Å². The summed E-state index contributed by atoms with van der Waals surface area (Å²) in [4.78, 5) is 6.75. The Labute approximate surface area is 91.3 Å². The largest absolute Gasteiger partial charge is 0.356 e. The van der Waals surface area contributed by atoms with Gasteiger partial charge in [0.1, 0.15) is 5.82 Å². The van der Waals surface area contributed by atoms with Crippen molar-refractivity contribution in [1.29, 1.82) is 0 Å². The van der Waals surface area contributed by atoms with Crippen LogP contribution < -0.4 is 10.6 Å². The molecule has 0 spiro atoms. The molecule has 1 aliphatic rings. The van der Waals surface area contributed by atoms with Gasteiger partial charge in [0.25, 0.3) is 0 Å². The molecule has 2 heterocycles. The topological polar surface area (TPSA) is 42.1 Å². The van der Waals surface area contributed by atoms with E-state index in [1.807, 2.05) is 6.20 Å². The molecule has 0 unspecified atom stereocenters. The molecule has 1 saturated heterocycles. The molecule has 3 heteroatoms. The lowest BCUT2D eigenvalue weighted by atomic mass is 9.91. The molecule has 1 aromatic heterocycles. The summed E-state index contributed by atoms with van der Waals surface area (Å²) < 4.78 is 0. The summed E-state index contributed by atoms with van der Waals surface area (Å²) in [5.41, 5.74) is 7.32. The number of anilines is 1. The van der Waals surface area contributed by atoms with Crippen molar-refractivity contribution in [2.75, 3.05) is 18.0 Å². The van der Waals surface area contributed by atoms with E-state index < -0.39 is 0 Å². The molecule has 0 aliphatic carbocycles. The first-order chi connectivity index (χ1) is 7.07. The van der Waals surface area contributed by atoms with E-state index in [0.29, 0.717) is 0 Å². The first-order valence-electron chi connectivity index (χ1n) is 5.53. The summed E-state index contributed by atoms with van der Waals surface area (Å²) in [7, 11) is 0. The van der Waals surface area contributed by atoms with Crippen LogP contribution in [0.4, 0.5) is 5.82 Å². The van der Waals surface area contributed by atoms with Gasteiger partial charge in [0.05, 0.1) is 0 Å². The summed E-state index contributed by atoms with van der Waals surface area (Å²) in [6, 6.07) is 4.20. The van der Waals surface area contributed by atoms with Gasteiger partial charge in [-0.25, -0.2) is 4.98 Å². The molecule has 3 nitrogen and oxygen atoms in total. The Balaban J connectivity index is 2.04. The fourth-order valence-corrected chi connectivity index (χ4v) is 1.89. The second-order valence-electron chi connectivity index (χ2n) is 4.83. The molecular weight excluding hydrogens is 186 g/mol. The minimum atomic E-state index is 0.0151. The van der Waals surface area contributed by atoms with Crippen LogP contribution in [-0.4, -0.2) is 23.6 Å². The first-order valence-corrected chi connectivity index (χ1v) is 5.53. The van der Waals surface area contributed by atoms with Gasteiger partial charge in [-0.1, -0.05) is 6.07 Å². The monoisotopic (exact) mass is 205 g/mol. The summed E-state index contributed by atoms with van der Waals surface area (Å²) in [6.07, 6.45) is 4.01. The highest BCUT2D eigenvalue weighted by Gasteiger charge is 2.26. The van der Waals surface area contributed by atoms with Crippen LogP contribution in [0.5, 0.6) is 0 Å². The maximum Gasteiger partial charge on any atom is 0.128 e. The first kappa shape index (κ1) is 10.4. The molecular formula is C12H19N3. The number of pyridine rings is 1. The minimum Gasteiger partial charge on any atom is -0.356 e. The summed E-state index contributed by atoms with van der Waals surface area (Å²) >= 11 is 0.